The highest BCUT2D eigenvalue weighted by Crippen LogP contribution is 2.42. The Hall–Kier alpha value is -3.37. The molecule has 1 aliphatic heterocycles. The molecule has 3 aromatic heterocycles. The Balaban J connectivity index is 1.58. The number of fused-ring (bicyclic) bond motifs is 4. The molecular formula is C28H28N4. The summed E-state index contributed by atoms with van der Waals surface area (Å²) >= 11 is 0. The number of aryl methyl sites for hydroxylation is 3. The van der Waals surface area contributed by atoms with Crippen molar-refractivity contribution in [1.29, 1.82) is 0 Å². The fourth-order valence-electron chi connectivity index (χ4n) is 5.58. The second kappa shape index (κ2) is 7.07. The van der Waals surface area contributed by atoms with Gasteiger partial charge in [0.2, 0.25) is 0 Å². The van der Waals surface area contributed by atoms with E-state index in [4.69, 9.17) is 4.98 Å². The lowest BCUT2D eigenvalue weighted by molar-refractivity contribution is 0.257. The van der Waals surface area contributed by atoms with Crippen LogP contribution in [-0.4, -0.2) is 32.6 Å². The number of nitrogens with zero attached hydrogens (tertiary/aromatic N) is 4. The van der Waals surface area contributed by atoms with Crippen LogP contribution in [0.1, 0.15) is 28.4 Å². The van der Waals surface area contributed by atoms with E-state index in [1.54, 1.807) is 0 Å². The van der Waals surface area contributed by atoms with Crippen molar-refractivity contribution in [2.24, 2.45) is 14.1 Å². The van der Waals surface area contributed by atoms with E-state index < -0.39 is 0 Å². The lowest BCUT2D eigenvalue weighted by Crippen LogP contribution is -2.34. The number of hydrogen-bond acceptors (Lipinski definition) is 2. The molecule has 0 saturated heterocycles. The predicted molar refractivity (Wildman–Crippen MR) is 132 cm³/mol. The lowest BCUT2D eigenvalue weighted by atomic mass is 9.90. The summed E-state index contributed by atoms with van der Waals surface area (Å²) in [4.78, 5) is 7.38. The molecule has 4 nitrogen and oxygen atoms in total. The Labute approximate surface area is 188 Å². The molecule has 0 fully saturated rings. The minimum Gasteiger partial charge on any atom is -0.351 e. The molecular weight excluding hydrogens is 392 g/mol. The van der Waals surface area contributed by atoms with Gasteiger partial charge in [0.25, 0.3) is 0 Å². The molecule has 6 rings (SSSR count). The van der Waals surface area contributed by atoms with E-state index in [-0.39, 0.29) is 6.04 Å². The van der Waals surface area contributed by atoms with Crippen LogP contribution in [0.2, 0.25) is 0 Å². The smallest absolute Gasteiger partial charge is 0.0778 e. The van der Waals surface area contributed by atoms with Crippen LogP contribution in [0, 0.1) is 6.92 Å². The monoisotopic (exact) mass is 420 g/mol. The molecule has 5 aromatic rings. The average molecular weight is 421 g/mol. The number of aromatic nitrogens is 3. The van der Waals surface area contributed by atoms with E-state index in [9.17, 15) is 0 Å². The van der Waals surface area contributed by atoms with Gasteiger partial charge in [0.1, 0.15) is 0 Å². The molecule has 0 saturated carbocycles. The van der Waals surface area contributed by atoms with Crippen molar-refractivity contribution in [2.75, 3.05) is 13.6 Å². The van der Waals surface area contributed by atoms with Gasteiger partial charge >= 0.3 is 0 Å². The molecule has 1 aliphatic rings. The first kappa shape index (κ1) is 19.3. The van der Waals surface area contributed by atoms with Crippen molar-refractivity contribution < 1.29 is 0 Å². The largest absolute Gasteiger partial charge is 0.351 e. The summed E-state index contributed by atoms with van der Waals surface area (Å²) < 4.78 is 4.57. The maximum Gasteiger partial charge on any atom is 0.0778 e. The molecule has 1 unspecified atom stereocenters. The molecule has 4 heteroatoms. The maximum absolute atomic E-state index is 4.90. The van der Waals surface area contributed by atoms with E-state index in [1.807, 2.05) is 6.20 Å². The second-order valence-electron chi connectivity index (χ2n) is 9.22. The van der Waals surface area contributed by atoms with E-state index >= 15 is 0 Å². The quantitative estimate of drug-likeness (QED) is 0.371. The van der Waals surface area contributed by atoms with E-state index in [0.717, 1.165) is 18.7 Å². The molecule has 0 spiro atoms. The Morgan fingerprint density at radius 2 is 1.78 bits per heavy atom. The van der Waals surface area contributed by atoms with E-state index in [0.29, 0.717) is 0 Å². The van der Waals surface area contributed by atoms with Crippen molar-refractivity contribution in [3.8, 4) is 11.3 Å². The maximum atomic E-state index is 4.90. The highest BCUT2D eigenvalue weighted by atomic mass is 15.2. The molecule has 160 valence electrons. The number of pyridine rings is 1. The zero-order chi connectivity index (χ0) is 22.0. The molecule has 0 bridgehead atoms. The summed E-state index contributed by atoms with van der Waals surface area (Å²) in [6.07, 6.45) is 5.11. The molecule has 32 heavy (non-hydrogen) atoms. The van der Waals surface area contributed by atoms with Crippen LogP contribution in [0.25, 0.3) is 33.1 Å². The third-order valence-corrected chi connectivity index (χ3v) is 7.22. The number of benzene rings is 2. The first-order valence-electron chi connectivity index (χ1n) is 11.3. The van der Waals surface area contributed by atoms with Crippen LogP contribution < -0.4 is 0 Å². The Kier molecular flexibility index (Phi) is 4.27. The number of hydrogen-bond donors (Lipinski definition) is 0. The molecule has 0 N–H and O–H groups in total. The summed E-state index contributed by atoms with van der Waals surface area (Å²) in [5.74, 6) is 0. The van der Waals surface area contributed by atoms with Crippen LogP contribution in [0.15, 0.2) is 67.0 Å². The minimum atomic E-state index is 0.173. The Morgan fingerprint density at radius 1 is 0.938 bits per heavy atom. The lowest BCUT2D eigenvalue weighted by Gasteiger charge is -2.35. The van der Waals surface area contributed by atoms with Gasteiger partial charge in [-0.25, -0.2) is 0 Å². The van der Waals surface area contributed by atoms with Crippen molar-refractivity contribution in [1.82, 2.24) is 19.0 Å². The van der Waals surface area contributed by atoms with Gasteiger partial charge < -0.3 is 9.13 Å². The van der Waals surface area contributed by atoms with Gasteiger partial charge in [0.05, 0.1) is 11.7 Å². The van der Waals surface area contributed by atoms with Gasteiger partial charge in [-0.15, -0.1) is 0 Å². The molecule has 0 aliphatic carbocycles. The second-order valence-corrected chi connectivity index (χ2v) is 9.22. The van der Waals surface area contributed by atoms with Crippen LogP contribution in [0.3, 0.4) is 0 Å². The summed E-state index contributed by atoms with van der Waals surface area (Å²) in [6.45, 7) is 3.22. The van der Waals surface area contributed by atoms with Gasteiger partial charge in [0.15, 0.2) is 0 Å². The van der Waals surface area contributed by atoms with Gasteiger partial charge in [0, 0.05) is 71.7 Å². The highest BCUT2D eigenvalue weighted by Gasteiger charge is 2.33. The molecule has 0 amide bonds. The van der Waals surface area contributed by atoms with E-state index in [2.05, 4.69) is 103 Å². The zero-order valence-corrected chi connectivity index (χ0v) is 19.1. The summed E-state index contributed by atoms with van der Waals surface area (Å²) in [6, 6.07) is 20.2. The number of rotatable bonds is 2. The number of likely N-dealkylation sites (N-methyl/N-ethyl adjacent to an activating group) is 1. The summed E-state index contributed by atoms with van der Waals surface area (Å²) in [7, 11) is 6.55. The van der Waals surface area contributed by atoms with Gasteiger partial charge in [-0.1, -0.05) is 23.8 Å². The molecule has 0 radical (unpaired) electrons. The SMILES string of the molecule is Cc1ccc2c(c1)c1c(n2C)C(c2cccnc2-c2ccc3c(ccn3C)c2)N(C)CC1. The van der Waals surface area contributed by atoms with Crippen LogP contribution >= 0.6 is 0 Å². The third kappa shape index (κ3) is 2.76. The third-order valence-electron chi connectivity index (χ3n) is 7.22. The first-order valence-corrected chi connectivity index (χ1v) is 11.3. The first-order chi connectivity index (χ1) is 15.5. The molecule has 4 heterocycles. The fourth-order valence-corrected chi connectivity index (χ4v) is 5.58. The molecule has 2 aromatic carbocycles. The van der Waals surface area contributed by atoms with E-state index in [1.165, 1.54) is 49.8 Å². The summed E-state index contributed by atoms with van der Waals surface area (Å²) in [5, 5.41) is 2.65. The van der Waals surface area contributed by atoms with Crippen molar-refractivity contribution in [3.63, 3.8) is 0 Å². The Morgan fingerprint density at radius 3 is 2.66 bits per heavy atom. The van der Waals surface area contributed by atoms with Gasteiger partial charge in [-0.3, -0.25) is 9.88 Å². The van der Waals surface area contributed by atoms with Crippen LogP contribution in [0.5, 0.6) is 0 Å². The summed E-state index contributed by atoms with van der Waals surface area (Å²) in [5.41, 5.74) is 10.3. The molecule has 1 atom stereocenters. The van der Waals surface area contributed by atoms with Gasteiger partial charge in [-0.2, -0.15) is 0 Å². The Bertz CT molecular complexity index is 1490. The van der Waals surface area contributed by atoms with Crippen LogP contribution in [0.4, 0.5) is 0 Å². The van der Waals surface area contributed by atoms with Gasteiger partial charge in [-0.05, 0) is 62.4 Å². The predicted octanol–water partition coefficient (Wildman–Crippen LogP) is 5.62. The fraction of sp³-hybridized carbons (Fsp3) is 0.250. The van der Waals surface area contributed by atoms with Crippen molar-refractivity contribution in [2.45, 2.75) is 19.4 Å². The normalized spacial score (nSPS) is 16.7. The van der Waals surface area contributed by atoms with Crippen molar-refractivity contribution in [3.05, 3.63) is 89.4 Å². The topological polar surface area (TPSA) is 26.0 Å². The zero-order valence-electron chi connectivity index (χ0n) is 19.1. The standard InChI is InChI=1S/C28H28N4/c1-18-7-9-25-23(16-18)21-12-15-31(3)27(28(21)32(25)4)22-6-5-13-29-26(22)20-8-10-24-19(17-20)11-14-30(24)2/h5-11,13-14,16-17,27H,12,15H2,1-4H3. The van der Waals surface area contributed by atoms with Crippen LogP contribution in [-0.2, 0) is 20.5 Å². The average Bonchev–Trinajstić information content (AvgIpc) is 3.31. The minimum absolute atomic E-state index is 0.173. The van der Waals surface area contributed by atoms with Crippen molar-refractivity contribution >= 4 is 21.8 Å². The highest BCUT2D eigenvalue weighted by molar-refractivity contribution is 5.88.